The van der Waals surface area contributed by atoms with Crippen molar-refractivity contribution in [1.29, 1.82) is 0 Å². The van der Waals surface area contributed by atoms with E-state index in [-0.39, 0.29) is 18.2 Å². The Labute approximate surface area is 153 Å². The van der Waals surface area contributed by atoms with Gasteiger partial charge in [0, 0.05) is 23.6 Å². The van der Waals surface area contributed by atoms with E-state index < -0.39 is 5.91 Å². The Kier molecular flexibility index (Phi) is 5.59. The Morgan fingerprint density at radius 3 is 2.50 bits per heavy atom. The van der Waals surface area contributed by atoms with Gasteiger partial charge in [0.05, 0.1) is 12.3 Å². The fourth-order valence-corrected chi connectivity index (χ4v) is 3.01. The minimum atomic E-state index is -0.587. The third kappa shape index (κ3) is 4.25. The van der Waals surface area contributed by atoms with E-state index in [2.05, 4.69) is 20.5 Å². The minimum Gasteiger partial charge on any atom is -0.368 e. The summed E-state index contributed by atoms with van der Waals surface area (Å²) in [7, 11) is 0. The Balaban J connectivity index is 1.87. The zero-order valence-electron chi connectivity index (χ0n) is 13.7. The summed E-state index contributed by atoms with van der Waals surface area (Å²) in [5.74, 6) is -0.148. The van der Waals surface area contributed by atoms with Crippen molar-refractivity contribution in [3.63, 3.8) is 0 Å². The van der Waals surface area contributed by atoms with Gasteiger partial charge in [0.25, 0.3) is 0 Å². The van der Waals surface area contributed by atoms with Crippen LogP contribution in [0.3, 0.4) is 0 Å². The summed E-state index contributed by atoms with van der Waals surface area (Å²) in [4.78, 5) is 26.6. The lowest BCUT2D eigenvalue weighted by molar-refractivity contribution is -0.123. The van der Waals surface area contributed by atoms with E-state index in [1.807, 2.05) is 47.0 Å². The molecule has 0 bridgehead atoms. The SMILES string of the molecule is NC(=O)CNC(=O)CSc1nnc(-c2ccncc2)n1-c1ccccc1. The van der Waals surface area contributed by atoms with Gasteiger partial charge in [-0.15, -0.1) is 10.2 Å². The van der Waals surface area contributed by atoms with Crippen molar-refractivity contribution in [3.8, 4) is 17.1 Å². The van der Waals surface area contributed by atoms with Gasteiger partial charge < -0.3 is 11.1 Å². The second-order valence-electron chi connectivity index (χ2n) is 5.24. The number of amides is 2. The monoisotopic (exact) mass is 368 g/mol. The van der Waals surface area contributed by atoms with Crippen molar-refractivity contribution in [2.24, 2.45) is 5.73 Å². The lowest BCUT2D eigenvalue weighted by Crippen LogP contribution is -2.34. The molecule has 2 amide bonds. The maximum Gasteiger partial charge on any atom is 0.236 e. The van der Waals surface area contributed by atoms with Crippen molar-refractivity contribution < 1.29 is 9.59 Å². The molecule has 2 heterocycles. The second kappa shape index (κ2) is 8.26. The minimum absolute atomic E-state index is 0.0919. The van der Waals surface area contributed by atoms with Crippen LogP contribution in [0, 0.1) is 0 Å². The molecule has 0 saturated carbocycles. The molecule has 0 spiro atoms. The Morgan fingerprint density at radius 2 is 1.81 bits per heavy atom. The van der Waals surface area contributed by atoms with Crippen LogP contribution >= 0.6 is 11.8 Å². The molecule has 3 aromatic rings. The molecule has 3 N–H and O–H groups in total. The predicted molar refractivity (Wildman–Crippen MR) is 97.5 cm³/mol. The largest absolute Gasteiger partial charge is 0.368 e. The van der Waals surface area contributed by atoms with E-state index in [1.54, 1.807) is 12.4 Å². The zero-order chi connectivity index (χ0) is 18.4. The van der Waals surface area contributed by atoms with Gasteiger partial charge in [-0.3, -0.25) is 19.1 Å². The lowest BCUT2D eigenvalue weighted by Gasteiger charge is -2.10. The average Bonchev–Trinajstić information content (AvgIpc) is 3.10. The first-order valence-electron chi connectivity index (χ1n) is 7.74. The molecule has 9 heteroatoms. The molecule has 2 aromatic heterocycles. The number of nitrogens with two attached hydrogens (primary N) is 1. The maximum absolute atomic E-state index is 11.8. The molecule has 132 valence electrons. The molecular weight excluding hydrogens is 352 g/mol. The first-order valence-corrected chi connectivity index (χ1v) is 8.73. The molecule has 0 aliphatic rings. The average molecular weight is 368 g/mol. The number of nitrogens with one attached hydrogen (secondary N) is 1. The summed E-state index contributed by atoms with van der Waals surface area (Å²) in [6.07, 6.45) is 3.37. The van der Waals surface area contributed by atoms with Gasteiger partial charge in [0.15, 0.2) is 11.0 Å². The summed E-state index contributed by atoms with van der Waals surface area (Å²) >= 11 is 1.23. The number of carbonyl (C=O) groups excluding carboxylic acids is 2. The number of carbonyl (C=O) groups is 2. The Bertz CT molecular complexity index is 898. The van der Waals surface area contributed by atoms with Crippen LogP contribution in [-0.4, -0.2) is 43.9 Å². The molecular formula is C17H16N6O2S. The summed E-state index contributed by atoms with van der Waals surface area (Å²) in [5.41, 5.74) is 6.77. The summed E-state index contributed by atoms with van der Waals surface area (Å²) in [5, 5.41) is 11.5. The molecule has 0 unspecified atom stereocenters. The van der Waals surface area contributed by atoms with Crippen molar-refractivity contribution in [2.75, 3.05) is 12.3 Å². The van der Waals surface area contributed by atoms with Crippen LogP contribution in [0.2, 0.25) is 0 Å². The van der Waals surface area contributed by atoms with E-state index in [9.17, 15) is 9.59 Å². The lowest BCUT2D eigenvalue weighted by atomic mass is 10.2. The summed E-state index contributed by atoms with van der Waals surface area (Å²) < 4.78 is 1.88. The van der Waals surface area contributed by atoms with Gasteiger partial charge in [-0.2, -0.15) is 0 Å². The van der Waals surface area contributed by atoms with Crippen LogP contribution < -0.4 is 11.1 Å². The van der Waals surface area contributed by atoms with Crippen LogP contribution in [0.25, 0.3) is 17.1 Å². The quantitative estimate of drug-likeness (QED) is 0.602. The molecule has 8 nitrogen and oxygen atoms in total. The topological polar surface area (TPSA) is 116 Å². The third-order valence-electron chi connectivity index (χ3n) is 3.38. The maximum atomic E-state index is 11.8. The number of hydrogen-bond donors (Lipinski definition) is 2. The van der Waals surface area contributed by atoms with Gasteiger partial charge in [-0.25, -0.2) is 0 Å². The summed E-state index contributed by atoms with van der Waals surface area (Å²) in [6.45, 7) is -0.187. The van der Waals surface area contributed by atoms with Gasteiger partial charge in [-0.05, 0) is 24.3 Å². The number of aromatic nitrogens is 4. The summed E-state index contributed by atoms with van der Waals surface area (Å²) in [6, 6.07) is 13.3. The van der Waals surface area contributed by atoms with E-state index in [4.69, 9.17) is 5.73 Å². The fraction of sp³-hybridized carbons (Fsp3) is 0.118. The van der Waals surface area contributed by atoms with Crippen molar-refractivity contribution in [3.05, 3.63) is 54.9 Å². The number of para-hydroxylation sites is 1. The molecule has 0 atom stereocenters. The number of benzene rings is 1. The van der Waals surface area contributed by atoms with Crippen LogP contribution in [0.4, 0.5) is 0 Å². The smallest absolute Gasteiger partial charge is 0.236 e. The number of primary amides is 1. The number of hydrogen-bond acceptors (Lipinski definition) is 6. The number of thioether (sulfide) groups is 1. The molecule has 0 aliphatic carbocycles. The van der Waals surface area contributed by atoms with Crippen LogP contribution in [-0.2, 0) is 9.59 Å². The van der Waals surface area contributed by atoms with E-state index in [0.717, 1.165) is 11.3 Å². The van der Waals surface area contributed by atoms with Crippen LogP contribution in [0.15, 0.2) is 60.0 Å². The molecule has 3 rings (SSSR count). The highest BCUT2D eigenvalue weighted by Crippen LogP contribution is 2.27. The van der Waals surface area contributed by atoms with Crippen molar-refractivity contribution >= 4 is 23.6 Å². The van der Waals surface area contributed by atoms with E-state index in [1.165, 1.54) is 11.8 Å². The second-order valence-corrected chi connectivity index (χ2v) is 6.19. The third-order valence-corrected chi connectivity index (χ3v) is 4.31. The van der Waals surface area contributed by atoms with Gasteiger partial charge in [0.2, 0.25) is 11.8 Å². The van der Waals surface area contributed by atoms with E-state index >= 15 is 0 Å². The number of rotatable bonds is 7. The van der Waals surface area contributed by atoms with Crippen LogP contribution in [0.1, 0.15) is 0 Å². The molecule has 0 fully saturated rings. The molecule has 0 saturated heterocycles. The molecule has 26 heavy (non-hydrogen) atoms. The first-order chi connectivity index (χ1) is 12.6. The molecule has 0 aliphatic heterocycles. The standard InChI is InChI=1S/C17H16N6O2S/c18-14(24)10-20-15(25)11-26-17-22-21-16(12-6-8-19-9-7-12)23(17)13-4-2-1-3-5-13/h1-9H,10-11H2,(H2,18,24)(H,20,25). The molecule has 1 aromatic carbocycles. The van der Waals surface area contributed by atoms with Gasteiger partial charge in [-0.1, -0.05) is 30.0 Å². The van der Waals surface area contributed by atoms with Crippen molar-refractivity contribution in [1.82, 2.24) is 25.1 Å². The Hall–Kier alpha value is -3.20. The number of nitrogens with zero attached hydrogens (tertiary/aromatic N) is 4. The number of pyridine rings is 1. The Morgan fingerprint density at radius 1 is 1.08 bits per heavy atom. The highest BCUT2D eigenvalue weighted by Gasteiger charge is 2.17. The van der Waals surface area contributed by atoms with Gasteiger partial charge >= 0.3 is 0 Å². The normalized spacial score (nSPS) is 10.5. The van der Waals surface area contributed by atoms with Crippen molar-refractivity contribution in [2.45, 2.75) is 5.16 Å². The highest BCUT2D eigenvalue weighted by atomic mass is 32.2. The first kappa shape index (κ1) is 17.6. The van der Waals surface area contributed by atoms with Crippen LogP contribution in [0.5, 0.6) is 0 Å². The predicted octanol–water partition coefficient (Wildman–Crippen LogP) is 1.02. The van der Waals surface area contributed by atoms with E-state index in [0.29, 0.717) is 11.0 Å². The highest BCUT2D eigenvalue weighted by molar-refractivity contribution is 7.99. The van der Waals surface area contributed by atoms with Gasteiger partial charge in [0.1, 0.15) is 0 Å². The zero-order valence-corrected chi connectivity index (χ0v) is 14.5. The molecule has 0 radical (unpaired) electrons. The fourth-order valence-electron chi connectivity index (χ4n) is 2.23.